The van der Waals surface area contributed by atoms with Crippen LogP contribution in [0.25, 0.3) is 54.9 Å². The molecule has 0 N–H and O–H groups in total. The standard InChI is InChI=1S/C53H45N/c1-53(2)47-27-15-13-26-45(47)46-35-40(31-33-48(46)53)54(49-28-16-14-23-41(49)36-17-5-3-6-18-36)50-34-30-39-22-10-12-25-43(39)52(50)51-42-24-11-9-21-38(42)29-32-44(51)37-19-7-4-8-20-37/h3,5-6,9-18,21-35,37H,4,7-8,19-20H2,1-2H3. The zero-order chi connectivity index (χ0) is 36.2. The molecule has 1 nitrogen and oxygen atoms in total. The zero-order valence-corrected chi connectivity index (χ0v) is 31.2. The molecule has 8 aromatic carbocycles. The van der Waals surface area contributed by atoms with Gasteiger partial charge in [-0.2, -0.15) is 0 Å². The average molecular weight is 696 g/mol. The fraction of sp³-hybridized carbons (Fsp3) is 0.170. The van der Waals surface area contributed by atoms with Gasteiger partial charge < -0.3 is 4.90 Å². The molecule has 0 radical (unpaired) electrons. The van der Waals surface area contributed by atoms with Gasteiger partial charge in [-0.05, 0) is 104 Å². The van der Waals surface area contributed by atoms with Crippen LogP contribution in [0.5, 0.6) is 0 Å². The second-order valence-electron chi connectivity index (χ2n) is 15.9. The van der Waals surface area contributed by atoms with E-state index in [1.165, 1.54) is 121 Å². The van der Waals surface area contributed by atoms with Gasteiger partial charge in [-0.25, -0.2) is 0 Å². The summed E-state index contributed by atoms with van der Waals surface area (Å²) >= 11 is 0. The third kappa shape index (κ3) is 5.29. The van der Waals surface area contributed by atoms with E-state index >= 15 is 0 Å². The summed E-state index contributed by atoms with van der Waals surface area (Å²) in [5, 5.41) is 5.18. The number of nitrogens with zero attached hydrogens (tertiary/aromatic N) is 1. The van der Waals surface area contributed by atoms with Crippen LogP contribution in [0.4, 0.5) is 17.1 Å². The molecule has 10 rings (SSSR count). The highest BCUT2D eigenvalue weighted by molar-refractivity contribution is 6.13. The van der Waals surface area contributed by atoms with Gasteiger partial charge in [-0.3, -0.25) is 0 Å². The molecule has 1 fully saturated rings. The number of fused-ring (bicyclic) bond motifs is 5. The van der Waals surface area contributed by atoms with Crippen molar-refractivity contribution in [2.75, 3.05) is 4.90 Å². The van der Waals surface area contributed by atoms with E-state index in [0.29, 0.717) is 5.92 Å². The number of rotatable bonds is 6. The molecule has 2 aliphatic rings. The lowest BCUT2D eigenvalue weighted by Gasteiger charge is -2.33. The van der Waals surface area contributed by atoms with Gasteiger partial charge in [-0.15, -0.1) is 0 Å². The van der Waals surface area contributed by atoms with Gasteiger partial charge >= 0.3 is 0 Å². The summed E-state index contributed by atoms with van der Waals surface area (Å²) in [5.41, 5.74) is 15.5. The fourth-order valence-corrected chi connectivity index (χ4v) is 9.82. The summed E-state index contributed by atoms with van der Waals surface area (Å²) in [6.45, 7) is 4.74. The largest absolute Gasteiger partial charge is 0.309 e. The minimum Gasteiger partial charge on any atom is -0.309 e. The summed E-state index contributed by atoms with van der Waals surface area (Å²) in [7, 11) is 0. The number of anilines is 3. The molecule has 0 bridgehead atoms. The molecule has 0 atom stereocenters. The Hall–Kier alpha value is -5.92. The molecule has 2 aliphatic carbocycles. The Bertz CT molecular complexity index is 2680. The number of benzene rings is 8. The highest BCUT2D eigenvalue weighted by atomic mass is 15.1. The van der Waals surface area contributed by atoms with E-state index in [0.717, 1.165) is 0 Å². The monoisotopic (exact) mass is 695 g/mol. The fourth-order valence-electron chi connectivity index (χ4n) is 9.82. The third-order valence-corrected chi connectivity index (χ3v) is 12.5. The molecule has 0 amide bonds. The van der Waals surface area contributed by atoms with E-state index in [4.69, 9.17) is 0 Å². The maximum absolute atomic E-state index is 2.57. The van der Waals surface area contributed by atoms with Crippen LogP contribution in [0.2, 0.25) is 0 Å². The molecule has 0 aromatic heterocycles. The van der Waals surface area contributed by atoms with Crippen molar-refractivity contribution in [2.45, 2.75) is 57.3 Å². The molecule has 1 saturated carbocycles. The highest BCUT2D eigenvalue weighted by Crippen LogP contribution is 2.54. The molecule has 8 aromatic rings. The van der Waals surface area contributed by atoms with Crippen molar-refractivity contribution < 1.29 is 0 Å². The van der Waals surface area contributed by atoms with Crippen LogP contribution in [0.1, 0.15) is 68.6 Å². The first-order valence-electron chi connectivity index (χ1n) is 19.8. The highest BCUT2D eigenvalue weighted by Gasteiger charge is 2.36. The Morgan fingerprint density at radius 2 is 1.07 bits per heavy atom. The maximum atomic E-state index is 2.57. The minimum absolute atomic E-state index is 0.0663. The second-order valence-corrected chi connectivity index (χ2v) is 15.9. The van der Waals surface area contributed by atoms with Gasteiger partial charge in [0.15, 0.2) is 0 Å². The predicted molar refractivity (Wildman–Crippen MR) is 230 cm³/mol. The first-order chi connectivity index (χ1) is 26.6. The quantitative estimate of drug-likeness (QED) is 0.167. The predicted octanol–water partition coefficient (Wildman–Crippen LogP) is 15.2. The van der Waals surface area contributed by atoms with Crippen LogP contribution in [0, 0.1) is 0 Å². The smallest absolute Gasteiger partial charge is 0.0547 e. The van der Waals surface area contributed by atoms with Crippen LogP contribution in [0.3, 0.4) is 0 Å². The molecule has 0 saturated heterocycles. The molecule has 0 spiro atoms. The van der Waals surface area contributed by atoms with Crippen LogP contribution >= 0.6 is 0 Å². The Morgan fingerprint density at radius 3 is 1.85 bits per heavy atom. The summed E-state index contributed by atoms with van der Waals surface area (Å²) in [5.74, 6) is 0.536. The van der Waals surface area contributed by atoms with Crippen LogP contribution in [0.15, 0.2) is 170 Å². The Morgan fingerprint density at radius 1 is 0.463 bits per heavy atom. The Labute approximate surface area is 319 Å². The van der Waals surface area contributed by atoms with Gasteiger partial charge in [-0.1, -0.05) is 179 Å². The van der Waals surface area contributed by atoms with Crippen LogP contribution in [-0.2, 0) is 5.41 Å². The molecular formula is C53H45N. The van der Waals surface area contributed by atoms with E-state index < -0.39 is 0 Å². The maximum Gasteiger partial charge on any atom is 0.0547 e. The molecule has 1 heteroatoms. The lowest BCUT2D eigenvalue weighted by Crippen LogP contribution is -2.16. The summed E-state index contributed by atoms with van der Waals surface area (Å²) < 4.78 is 0. The summed E-state index contributed by atoms with van der Waals surface area (Å²) in [6.07, 6.45) is 6.41. The van der Waals surface area contributed by atoms with Crippen molar-refractivity contribution >= 4 is 38.6 Å². The van der Waals surface area contributed by atoms with Crippen molar-refractivity contribution in [2.24, 2.45) is 0 Å². The molecule has 0 unspecified atom stereocenters. The van der Waals surface area contributed by atoms with Crippen molar-refractivity contribution in [3.63, 3.8) is 0 Å². The summed E-state index contributed by atoms with van der Waals surface area (Å²) in [6, 6.07) is 63.8. The van der Waals surface area contributed by atoms with Crippen LogP contribution in [-0.4, -0.2) is 0 Å². The first kappa shape index (κ1) is 32.7. The second kappa shape index (κ2) is 13.2. The first-order valence-corrected chi connectivity index (χ1v) is 19.8. The van der Waals surface area contributed by atoms with Crippen molar-refractivity contribution in [3.05, 3.63) is 187 Å². The van der Waals surface area contributed by atoms with E-state index in [1.807, 2.05) is 0 Å². The normalized spacial score (nSPS) is 14.9. The van der Waals surface area contributed by atoms with Crippen molar-refractivity contribution in [1.29, 1.82) is 0 Å². The SMILES string of the molecule is CC1(C)c2ccccc2-c2cc(N(c3ccccc3-c3ccccc3)c3ccc4ccccc4c3-c3c(C4CCCCC4)ccc4ccccc34)ccc21. The number of hydrogen-bond acceptors (Lipinski definition) is 1. The summed E-state index contributed by atoms with van der Waals surface area (Å²) in [4.78, 5) is 2.57. The van der Waals surface area contributed by atoms with E-state index in [9.17, 15) is 0 Å². The van der Waals surface area contributed by atoms with E-state index in [1.54, 1.807) is 0 Å². The molecule has 262 valence electrons. The Kier molecular flexibility index (Phi) is 7.99. The van der Waals surface area contributed by atoms with Gasteiger partial charge in [0.25, 0.3) is 0 Å². The molecular weight excluding hydrogens is 651 g/mol. The molecule has 0 aliphatic heterocycles. The number of para-hydroxylation sites is 1. The Balaban J connectivity index is 1.32. The average Bonchev–Trinajstić information content (AvgIpc) is 3.46. The lowest BCUT2D eigenvalue weighted by atomic mass is 9.78. The zero-order valence-electron chi connectivity index (χ0n) is 31.2. The molecule has 54 heavy (non-hydrogen) atoms. The topological polar surface area (TPSA) is 3.24 Å². The van der Waals surface area contributed by atoms with E-state index in [-0.39, 0.29) is 5.41 Å². The van der Waals surface area contributed by atoms with Gasteiger partial charge in [0.1, 0.15) is 0 Å². The van der Waals surface area contributed by atoms with Gasteiger partial charge in [0.2, 0.25) is 0 Å². The van der Waals surface area contributed by atoms with Gasteiger partial charge in [0.05, 0.1) is 11.4 Å². The molecule has 0 heterocycles. The minimum atomic E-state index is -0.0663. The van der Waals surface area contributed by atoms with Crippen LogP contribution < -0.4 is 4.90 Å². The van der Waals surface area contributed by atoms with Gasteiger partial charge in [0, 0.05) is 22.2 Å². The lowest BCUT2D eigenvalue weighted by molar-refractivity contribution is 0.444. The van der Waals surface area contributed by atoms with Crippen molar-refractivity contribution in [1.82, 2.24) is 0 Å². The van der Waals surface area contributed by atoms with E-state index in [2.05, 4.69) is 189 Å². The van der Waals surface area contributed by atoms with Crippen molar-refractivity contribution in [3.8, 4) is 33.4 Å². The number of hydrogen-bond donors (Lipinski definition) is 0. The third-order valence-electron chi connectivity index (χ3n) is 12.5.